The number of rotatable bonds is 4. The second-order valence-electron chi connectivity index (χ2n) is 5.96. The highest BCUT2D eigenvalue weighted by Crippen LogP contribution is 2.39. The van der Waals surface area contributed by atoms with Crippen molar-refractivity contribution in [3.8, 4) is 5.82 Å². The van der Waals surface area contributed by atoms with Gasteiger partial charge in [-0.3, -0.25) is 9.89 Å². The molecule has 2 aromatic heterocycles. The van der Waals surface area contributed by atoms with Crippen molar-refractivity contribution in [2.24, 2.45) is 11.7 Å². The van der Waals surface area contributed by atoms with Gasteiger partial charge in [-0.05, 0) is 24.8 Å². The molecule has 124 valence electrons. The van der Waals surface area contributed by atoms with E-state index in [1.54, 1.807) is 12.1 Å². The van der Waals surface area contributed by atoms with E-state index in [4.69, 9.17) is 5.73 Å². The van der Waals surface area contributed by atoms with E-state index < -0.39 is 18.0 Å². The molecule has 0 saturated heterocycles. The summed E-state index contributed by atoms with van der Waals surface area (Å²) in [6.45, 7) is 0. The standard InChI is InChI=1S/C16H15F2N5O/c17-14(18)9-2-1-3-10-12(9)16(24)23(11-6-7-20-22-11)15(21-10)13(19)8-4-5-8/h1-3,6-8,13-14H,4-5,19H2,(H,20,22). The number of aromatic nitrogens is 4. The number of nitrogens with one attached hydrogen (secondary N) is 1. The van der Waals surface area contributed by atoms with Crippen LogP contribution in [-0.4, -0.2) is 19.7 Å². The Balaban J connectivity index is 2.08. The summed E-state index contributed by atoms with van der Waals surface area (Å²) in [6.07, 6.45) is 0.656. The molecule has 3 aromatic rings. The Morgan fingerprint density at radius 3 is 2.71 bits per heavy atom. The molecular weight excluding hydrogens is 316 g/mol. The van der Waals surface area contributed by atoms with Gasteiger partial charge in [0.05, 0.1) is 23.1 Å². The summed E-state index contributed by atoms with van der Waals surface area (Å²) in [5.74, 6) is 0.983. The van der Waals surface area contributed by atoms with Crippen LogP contribution in [0.5, 0.6) is 0 Å². The predicted octanol–water partition coefficient (Wildman–Crippen LogP) is 2.46. The first-order valence-corrected chi connectivity index (χ1v) is 7.67. The lowest BCUT2D eigenvalue weighted by molar-refractivity contribution is 0.153. The number of hydrogen-bond acceptors (Lipinski definition) is 4. The molecule has 1 aliphatic carbocycles. The molecule has 1 saturated carbocycles. The molecular formula is C16H15F2N5O. The van der Waals surface area contributed by atoms with E-state index in [0.29, 0.717) is 11.6 Å². The number of alkyl halides is 2. The fraction of sp³-hybridized carbons (Fsp3) is 0.312. The summed E-state index contributed by atoms with van der Waals surface area (Å²) in [5.41, 5.74) is 5.60. The first-order chi connectivity index (χ1) is 11.6. The van der Waals surface area contributed by atoms with E-state index in [-0.39, 0.29) is 22.4 Å². The summed E-state index contributed by atoms with van der Waals surface area (Å²) in [4.78, 5) is 17.5. The van der Waals surface area contributed by atoms with Gasteiger partial charge in [0, 0.05) is 11.6 Å². The molecule has 3 N–H and O–H groups in total. The van der Waals surface area contributed by atoms with Gasteiger partial charge in [0.15, 0.2) is 0 Å². The van der Waals surface area contributed by atoms with E-state index in [1.807, 2.05) is 0 Å². The van der Waals surface area contributed by atoms with Crippen molar-refractivity contribution in [2.75, 3.05) is 0 Å². The average molecular weight is 331 g/mol. The van der Waals surface area contributed by atoms with Gasteiger partial charge < -0.3 is 5.73 Å². The van der Waals surface area contributed by atoms with E-state index in [1.165, 1.54) is 22.9 Å². The van der Waals surface area contributed by atoms with Gasteiger partial charge in [0.1, 0.15) is 11.6 Å². The van der Waals surface area contributed by atoms with Crippen molar-refractivity contribution in [1.82, 2.24) is 19.7 Å². The van der Waals surface area contributed by atoms with Gasteiger partial charge in [-0.15, -0.1) is 0 Å². The summed E-state index contributed by atoms with van der Waals surface area (Å²) in [6, 6.07) is 5.43. The molecule has 1 unspecified atom stereocenters. The molecule has 0 amide bonds. The van der Waals surface area contributed by atoms with Crippen LogP contribution < -0.4 is 11.3 Å². The molecule has 1 fully saturated rings. The smallest absolute Gasteiger partial charge is 0.267 e. The van der Waals surface area contributed by atoms with E-state index in [9.17, 15) is 13.6 Å². The Labute approximate surface area is 135 Å². The number of nitrogens with two attached hydrogens (primary N) is 1. The van der Waals surface area contributed by atoms with Gasteiger partial charge in [-0.25, -0.2) is 18.3 Å². The Hall–Kier alpha value is -2.61. The minimum Gasteiger partial charge on any atom is -0.321 e. The van der Waals surface area contributed by atoms with Crippen molar-refractivity contribution in [3.63, 3.8) is 0 Å². The zero-order valence-corrected chi connectivity index (χ0v) is 12.6. The molecule has 8 heteroatoms. The Morgan fingerprint density at radius 1 is 1.29 bits per heavy atom. The molecule has 2 heterocycles. The molecule has 1 atom stereocenters. The van der Waals surface area contributed by atoms with Crippen molar-refractivity contribution < 1.29 is 8.78 Å². The minimum atomic E-state index is -2.76. The summed E-state index contributed by atoms with van der Waals surface area (Å²) >= 11 is 0. The number of nitrogens with zero attached hydrogens (tertiary/aromatic N) is 3. The number of aromatic amines is 1. The van der Waals surface area contributed by atoms with Gasteiger partial charge in [0.2, 0.25) is 0 Å². The number of hydrogen-bond donors (Lipinski definition) is 2. The maximum atomic E-state index is 13.3. The highest BCUT2D eigenvalue weighted by Gasteiger charge is 2.33. The highest BCUT2D eigenvalue weighted by molar-refractivity contribution is 5.82. The molecule has 24 heavy (non-hydrogen) atoms. The van der Waals surface area contributed by atoms with Gasteiger partial charge in [-0.2, -0.15) is 5.10 Å². The molecule has 1 aromatic carbocycles. The minimum absolute atomic E-state index is 0.0890. The van der Waals surface area contributed by atoms with E-state index in [2.05, 4.69) is 15.2 Å². The first kappa shape index (κ1) is 14.9. The van der Waals surface area contributed by atoms with Gasteiger partial charge in [0.25, 0.3) is 12.0 Å². The van der Waals surface area contributed by atoms with Crippen LogP contribution in [0, 0.1) is 5.92 Å². The lowest BCUT2D eigenvalue weighted by Gasteiger charge is -2.17. The van der Waals surface area contributed by atoms with Crippen LogP contribution in [0.3, 0.4) is 0 Å². The Kier molecular flexibility index (Phi) is 3.42. The number of H-pyrrole nitrogens is 1. The molecule has 4 rings (SSSR count). The normalized spacial score (nSPS) is 16.0. The van der Waals surface area contributed by atoms with Gasteiger partial charge >= 0.3 is 0 Å². The van der Waals surface area contributed by atoms with Crippen LogP contribution in [0.4, 0.5) is 8.78 Å². The summed E-state index contributed by atoms with van der Waals surface area (Å²) in [7, 11) is 0. The van der Waals surface area contributed by atoms with Crippen LogP contribution in [0.15, 0.2) is 35.3 Å². The van der Waals surface area contributed by atoms with Crippen LogP contribution in [0.25, 0.3) is 16.7 Å². The first-order valence-electron chi connectivity index (χ1n) is 7.67. The third-order valence-corrected chi connectivity index (χ3v) is 4.35. The van der Waals surface area contributed by atoms with Crippen LogP contribution in [-0.2, 0) is 0 Å². The summed E-state index contributed by atoms with van der Waals surface area (Å²) < 4.78 is 27.9. The SMILES string of the molecule is NC(c1nc2cccc(C(F)F)c2c(=O)n1-c1ccn[nH]1)C1CC1. The fourth-order valence-electron chi connectivity index (χ4n) is 2.95. The number of fused-ring (bicyclic) bond motifs is 1. The molecule has 6 nitrogen and oxygen atoms in total. The maximum Gasteiger partial charge on any atom is 0.267 e. The second-order valence-corrected chi connectivity index (χ2v) is 5.96. The highest BCUT2D eigenvalue weighted by atomic mass is 19.3. The number of halogens is 2. The zero-order valence-electron chi connectivity index (χ0n) is 12.6. The number of benzene rings is 1. The second kappa shape index (κ2) is 5.48. The zero-order chi connectivity index (χ0) is 16.8. The van der Waals surface area contributed by atoms with Gasteiger partial charge in [-0.1, -0.05) is 12.1 Å². The molecule has 0 radical (unpaired) electrons. The van der Waals surface area contributed by atoms with E-state index >= 15 is 0 Å². The lowest BCUT2D eigenvalue weighted by atomic mass is 10.1. The quantitative estimate of drug-likeness (QED) is 0.768. The lowest BCUT2D eigenvalue weighted by Crippen LogP contribution is -2.30. The van der Waals surface area contributed by atoms with E-state index in [0.717, 1.165) is 12.8 Å². The molecule has 1 aliphatic rings. The Bertz CT molecular complexity index is 947. The predicted molar refractivity (Wildman–Crippen MR) is 84.1 cm³/mol. The fourth-order valence-corrected chi connectivity index (χ4v) is 2.95. The molecule has 0 aliphatic heterocycles. The largest absolute Gasteiger partial charge is 0.321 e. The van der Waals surface area contributed by atoms with Crippen molar-refractivity contribution >= 4 is 10.9 Å². The monoisotopic (exact) mass is 331 g/mol. The van der Waals surface area contributed by atoms with Crippen LogP contribution in [0.2, 0.25) is 0 Å². The summed E-state index contributed by atoms with van der Waals surface area (Å²) in [5, 5.41) is 6.44. The molecule has 0 bridgehead atoms. The Morgan fingerprint density at radius 2 is 2.08 bits per heavy atom. The third kappa shape index (κ3) is 2.30. The average Bonchev–Trinajstić information content (AvgIpc) is 3.29. The van der Waals surface area contributed by atoms with Crippen molar-refractivity contribution in [3.05, 3.63) is 52.2 Å². The van der Waals surface area contributed by atoms with Crippen molar-refractivity contribution in [1.29, 1.82) is 0 Å². The van der Waals surface area contributed by atoms with Crippen LogP contribution >= 0.6 is 0 Å². The molecule has 0 spiro atoms. The third-order valence-electron chi connectivity index (χ3n) is 4.35. The van der Waals surface area contributed by atoms with Crippen LogP contribution in [0.1, 0.15) is 36.7 Å². The van der Waals surface area contributed by atoms with Crippen molar-refractivity contribution in [2.45, 2.75) is 25.3 Å². The topological polar surface area (TPSA) is 89.6 Å². The maximum absolute atomic E-state index is 13.3.